The van der Waals surface area contributed by atoms with Gasteiger partial charge in [0, 0.05) is 24.1 Å². The molecule has 0 radical (unpaired) electrons. The van der Waals surface area contributed by atoms with Gasteiger partial charge in [-0.15, -0.1) is 0 Å². The van der Waals surface area contributed by atoms with Crippen molar-refractivity contribution in [1.29, 1.82) is 0 Å². The molecule has 8 nitrogen and oxygen atoms in total. The molecule has 31 heavy (non-hydrogen) atoms. The van der Waals surface area contributed by atoms with E-state index in [2.05, 4.69) is 20.6 Å². The van der Waals surface area contributed by atoms with E-state index < -0.39 is 0 Å². The van der Waals surface area contributed by atoms with Crippen molar-refractivity contribution in [2.75, 3.05) is 17.7 Å². The molecular weight excluding hydrogens is 394 g/mol. The Balaban J connectivity index is 1.41. The van der Waals surface area contributed by atoms with Gasteiger partial charge in [-0.05, 0) is 55.5 Å². The van der Waals surface area contributed by atoms with Crippen LogP contribution in [0.4, 0.5) is 16.2 Å². The summed E-state index contributed by atoms with van der Waals surface area (Å²) in [6, 6.07) is 19.4. The van der Waals surface area contributed by atoms with Gasteiger partial charge in [-0.25, -0.2) is 9.78 Å². The molecule has 0 aliphatic carbocycles. The molecule has 0 aliphatic heterocycles. The maximum Gasteiger partial charge on any atom is 0.323 e. The van der Waals surface area contributed by atoms with Crippen LogP contribution in [0.5, 0.6) is 17.4 Å². The fourth-order valence-corrected chi connectivity index (χ4v) is 2.96. The van der Waals surface area contributed by atoms with Crippen LogP contribution in [0, 0.1) is 6.92 Å². The van der Waals surface area contributed by atoms with E-state index in [0.717, 1.165) is 5.82 Å². The van der Waals surface area contributed by atoms with Crippen LogP contribution in [-0.4, -0.2) is 27.7 Å². The number of hydrogen-bond acceptors (Lipinski definition) is 5. The number of nitrogens with one attached hydrogen (secondary N) is 2. The molecule has 2 aromatic carbocycles. The lowest BCUT2D eigenvalue weighted by molar-refractivity contribution is 0.262. The van der Waals surface area contributed by atoms with Crippen molar-refractivity contribution < 1.29 is 14.3 Å². The van der Waals surface area contributed by atoms with Crippen molar-refractivity contribution in [1.82, 2.24) is 14.5 Å². The van der Waals surface area contributed by atoms with Crippen LogP contribution in [-0.2, 0) is 0 Å². The van der Waals surface area contributed by atoms with Gasteiger partial charge in [-0.1, -0.05) is 12.1 Å². The van der Waals surface area contributed by atoms with Crippen molar-refractivity contribution in [3.8, 4) is 23.2 Å². The van der Waals surface area contributed by atoms with Crippen LogP contribution < -0.4 is 20.1 Å². The fourth-order valence-electron chi connectivity index (χ4n) is 2.96. The molecule has 0 bridgehead atoms. The molecule has 0 atom stereocenters. The number of methoxy groups -OCH3 is 1. The molecule has 156 valence electrons. The first-order valence-electron chi connectivity index (χ1n) is 9.59. The number of rotatable bonds is 6. The van der Waals surface area contributed by atoms with Crippen LogP contribution in [0.1, 0.15) is 5.82 Å². The molecule has 4 rings (SSSR count). The zero-order chi connectivity index (χ0) is 21.6. The van der Waals surface area contributed by atoms with Crippen molar-refractivity contribution in [2.24, 2.45) is 0 Å². The Labute approximate surface area is 179 Å². The zero-order valence-electron chi connectivity index (χ0n) is 17.1. The van der Waals surface area contributed by atoms with Crippen LogP contribution >= 0.6 is 0 Å². The quantitative estimate of drug-likeness (QED) is 0.461. The van der Waals surface area contributed by atoms with E-state index in [-0.39, 0.29) is 6.03 Å². The van der Waals surface area contributed by atoms with Gasteiger partial charge in [0.25, 0.3) is 0 Å². The normalized spacial score (nSPS) is 10.4. The Morgan fingerprint density at radius 1 is 0.935 bits per heavy atom. The van der Waals surface area contributed by atoms with E-state index in [1.807, 2.05) is 48.1 Å². The van der Waals surface area contributed by atoms with E-state index in [1.165, 1.54) is 0 Å². The molecule has 0 spiro atoms. The van der Waals surface area contributed by atoms with Gasteiger partial charge in [0.15, 0.2) is 0 Å². The van der Waals surface area contributed by atoms with Gasteiger partial charge in [-0.3, -0.25) is 0 Å². The molecule has 0 aliphatic rings. The summed E-state index contributed by atoms with van der Waals surface area (Å²) in [5, 5.41) is 5.54. The lowest BCUT2D eigenvalue weighted by atomic mass is 10.3. The SMILES string of the molecule is COc1ccccc1NC(=O)Nc1ccc(Oc2cc(-n3cccc3)nc(C)n2)cc1. The van der Waals surface area contributed by atoms with Crippen LogP contribution in [0.25, 0.3) is 5.82 Å². The van der Waals surface area contributed by atoms with E-state index in [9.17, 15) is 4.79 Å². The average Bonchev–Trinajstić information content (AvgIpc) is 3.30. The number of carbonyl (C=O) groups is 1. The first kappa shape index (κ1) is 20.0. The third kappa shape index (κ3) is 4.99. The van der Waals surface area contributed by atoms with Gasteiger partial charge in [0.2, 0.25) is 5.88 Å². The highest BCUT2D eigenvalue weighted by molar-refractivity contribution is 6.00. The molecular formula is C23H21N5O3. The number of hydrogen-bond donors (Lipinski definition) is 2. The van der Waals surface area contributed by atoms with E-state index >= 15 is 0 Å². The summed E-state index contributed by atoms with van der Waals surface area (Å²) in [4.78, 5) is 21.0. The number of anilines is 2. The lowest BCUT2D eigenvalue weighted by Gasteiger charge is -2.12. The third-order valence-electron chi connectivity index (χ3n) is 4.36. The number of urea groups is 1. The second kappa shape index (κ2) is 9.00. The lowest BCUT2D eigenvalue weighted by Crippen LogP contribution is -2.19. The van der Waals surface area contributed by atoms with Crippen LogP contribution in [0.15, 0.2) is 79.1 Å². The average molecular weight is 415 g/mol. The highest BCUT2D eigenvalue weighted by Gasteiger charge is 2.08. The van der Waals surface area contributed by atoms with Crippen LogP contribution in [0.3, 0.4) is 0 Å². The molecule has 4 aromatic rings. The molecule has 2 aromatic heterocycles. The summed E-state index contributed by atoms with van der Waals surface area (Å²) >= 11 is 0. The minimum Gasteiger partial charge on any atom is -0.495 e. The fraction of sp³-hybridized carbons (Fsp3) is 0.0870. The van der Waals surface area contributed by atoms with E-state index in [4.69, 9.17) is 9.47 Å². The highest BCUT2D eigenvalue weighted by atomic mass is 16.5. The van der Waals surface area contributed by atoms with Gasteiger partial charge in [0.1, 0.15) is 23.1 Å². The standard InChI is InChI=1S/C23H21N5O3/c1-16-24-21(28-13-5-6-14-28)15-22(25-16)31-18-11-9-17(10-12-18)26-23(29)27-19-7-3-4-8-20(19)30-2/h3-15H,1-2H3,(H2,26,27,29). The monoisotopic (exact) mass is 415 g/mol. The number of ether oxygens (including phenoxy) is 2. The first-order chi connectivity index (χ1) is 15.1. The minimum absolute atomic E-state index is 0.374. The summed E-state index contributed by atoms with van der Waals surface area (Å²) in [6.45, 7) is 1.81. The van der Waals surface area contributed by atoms with Crippen molar-refractivity contribution >= 4 is 17.4 Å². The van der Waals surface area contributed by atoms with E-state index in [0.29, 0.717) is 34.6 Å². The Kier molecular flexibility index (Phi) is 5.79. The molecule has 0 fully saturated rings. The number of nitrogens with zero attached hydrogens (tertiary/aromatic N) is 3. The second-order valence-electron chi connectivity index (χ2n) is 6.61. The number of carbonyl (C=O) groups excluding carboxylic acids is 1. The highest BCUT2D eigenvalue weighted by Crippen LogP contribution is 2.25. The van der Waals surface area contributed by atoms with Crippen molar-refractivity contribution in [3.63, 3.8) is 0 Å². The van der Waals surface area contributed by atoms with Crippen molar-refractivity contribution in [3.05, 3.63) is 84.9 Å². The summed E-state index contributed by atoms with van der Waals surface area (Å²) in [7, 11) is 1.55. The number of para-hydroxylation sites is 2. The molecule has 0 unspecified atom stereocenters. The summed E-state index contributed by atoms with van der Waals surface area (Å²) in [5.74, 6) is 2.94. The number of benzene rings is 2. The summed E-state index contributed by atoms with van der Waals surface area (Å²) in [6.07, 6.45) is 3.81. The van der Waals surface area contributed by atoms with Gasteiger partial charge >= 0.3 is 6.03 Å². The zero-order valence-corrected chi connectivity index (χ0v) is 17.1. The summed E-state index contributed by atoms with van der Waals surface area (Å²) < 4.78 is 13.0. The Hall–Kier alpha value is -4.33. The maximum atomic E-state index is 12.3. The molecule has 8 heteroatoms. The molecule has 2 N–H and O–H groups in total. The van der Waals surface area contributed by atoms with Gasteiger partial charge in [-0.2, -0.15) is 4.98 Å². The largest absolute Gasteiger partial charge is 0.495 e. The molecule has 2 heterocycles. The smallest absolute Gasteiger partial charge is 0.323 e. The van der Waals surface area contributed by atoms with Crippen LogP contribution in [0.2, 0.25) is 0 Å². The first-order valence-corrected chi connectivity index (χ1v) is 9.59. The number of amides is 2. The number of aromatic nitrogens is 3. The predicted octanol–water partition coefficient (Wildman–Crippen LogP) is 5.02. The van der Waals surface area contributed by atoms with E-state index in [1.54, 1.807) is 49.6 Å². The minimum atomic E-state index is -0.374. The second-order valence-corrected chi connectivity index (χ2v) is 6.61. The Bertz CT molecular complexity index is 1170. The molecule has 0 saturated carbocycles. The summed E-state index contributed by atoms with van der Waals surface area (Å²) in [5.41, 5.74) is 1.20. The Morgan fingerprint density at radius 3 is 2.42 bits per heavy atom. The van der Waals surface area contributed by atoms with Gasteiger partial charge < -0.3 is 24.7 Å². The van der Waals surface area contributed by atoms with Crippen molar-refractivity contribution in [2.45, 2.75) is 6.92 Å². The molecule has 2 amide bonds. The number of aryl methyl sites for hydroxylation is 1. The topological polar surface area (TPSA) is 90.3 Å². The third-order valence-corrected chi connectivity index (χ3v) is 4.36. The maximum absolute atomic E-state index is 12.3. The Morgan fingerprint density at radius 2 is 1.68 bits per heavy atom. The molecule has 0 saturated heterocycles. The van der Waals surface area contributed by atoms with Gasteiger partial charge in [0.05, 0.1) is 12.8 Å². The predicted molar refractivity (Wildman–Crippen MR) is 118 cm³/mol.